The van der Waals surface area contributed by atoms with Crippen LogP contribution in [0.4, 0.5) is 0 Å². The molecule has 1 aromatic carbocycles. The Morgan fingerprint density at radius 3 is 1.57 bits per heavy atom. The predicted molar refractivity (Wildman–Crippen MR) is 124 cm³/mol. The van der Waals surface area contributed by atoms with E-state index in [1.807, 2.05) is 6.92 Å². The topological polar surface area (TPSA) is 46.2 Å². The average molecular weight is 390 g/mol. The third kappa shape index (κ3) is 9.45. The van der Waals surface area contributed by atoms with E-state index in [1.54, 1.807) is 0 Å². The molecule has 2 nitrogen and oxygen atoms in total. The number of aromatic hydroxyl groups is 1. The molecular weight excluding hydrogens is 342 g/mol. The van der Waals surface area contributed by atoms with Gasteiger partial charge in [0.15, 0.2) is 0 Å². The van der Waals surface area contributed by atoms with Crippen molar-refractivity contribution in [3.63, 3.8) is 0 Å². The molecule has 0 aliphatic carbocycles. The fourth-order valence-corrected chi connectivity index (χ4v) is 4.23. The Bertz CT molecular complexity index is 524. The maximum absolute atomic E-state index is 10.6. The Kier molecular flexibility index (Phi) is 14.2. The molecule has 0 spiro atoms. The number of benzene rings is 1. The van der Waals surface area contributed by atoms with Crippen LogP contribution in [0.5, 0.6) is 5.75 Å². The molecule has 1 rings (SSSR count). The minimum Gasteiger partial charge on any atom is -0.507 e. The van der Waals surface area contributed by atoms with Crippen LogP contribution >= 0.6 is 0 Å². The van der Waals surface area contributed by atoms with E-state index in [1.165, 1.54) is 101 Å². The van der Waals surface area contributed by atoms with Crippen molar-refractivity contribution in [1.29, 1.82) is 0 Å². The van der Waals surface area contributed by atoms with Gasteiger partial charge in [0.05, 0.1) is 0 Å². The molecule has 0 amide bonds. The lowest BCUT2D eigenvalue weighted by atomic mass is 9.91. The van der Waals surface area contributed by atoms with E-state index in [2.05, 4.69) is 19.9 Å². The molecule has 0 heterocycles. The summed E-state index contributed by atoms with van der Waals surface area (Å²) in [6.45, 7) is 7.11. The standard InChI is InChI=1S/C26H47NO/c1-4-6-8-10-12-14-16-18-23-20-24(26(28)22(3)25(23)21-27)19-17-15-13-11-9-7-5-2/h20,28H,4-19,21,27H2,1-3H3. The Labute approximate surface area is 175 Å². The molecular formula is C26H47NO. The summed E-state index contributed by atoms with van der Waals surface area (Å²) in [5, 5.41) is 10.6. The van der Waals surface area contributed by atoms with Gasteiger partial charge in [0.1, 0.15) is 5.75 Å². The monoisotopic (exact) mass is 389 g/mol. The van der Waals surface area contributed by atoms with E-state index in [4.69, 9.17) is 5.73 Å². The molecule has 0 aliphatic rings. The van der Waals surface area contributed by atoms with E-state index in [-0.39, 0.29) is 0 Å². The van der Waals surface area contributed by atoms with E-state index < -0.39 is 0 Å². The summed E-state index contributed by atoms with van der Waals surface area (Å²) in [6.07, 6.45) is 20.6. The molecule has 0 radical (unpaired) electrons. The van der Waals surface area contributed by atoms with E-state index in [0.717, 1.165) is 24.0 Å². The first-order valence-corrected chi connectivity index (χ1v) is 12.2. The van der Waals surface area contributed by atoms with Crippen molar-refractivity contribution in [2.24, 2.45) is 5.73 Å². The fourth-order valence-electron chi connectivity index (χ4n) is 4.23. The van der Waals surface area contributed by atoms with Crippen LogP contribution in [0, 0.1) is 6.92 Å². The maximum Gasteiger partial charge on any atom is 0.122 e. The number of hydrogen-bond donors (Lipinski definition) is 2. The maximum atomic E-state index is 10.6. The number of unbranched alkanes of at least 4 members (excludes halogenated alkanes) is 12. The molecule has 0 saturated heterocycles. The third-order valence-electron chi connectivity index (χ3n) is 6.15. The predicted octanol–water partition coefficient (Wildman–Crippen LogP) is 7.75. The van der Waals surface area contributed by atoms with Gasteiger partial charge in [0.25, 0.3) is 0 Å². The van der Waals surface area contributed by atoms with Gasteiger partial charge in [0.2, 0.25) is 0 Å². The van der Waals surface area contributed by atoms with E-state index in [0.29, 0.717) is 12.3 Å². The van der Waals surface area contributed by atoms with Crippen LogP contribution in [0.15, 0.2) is 6.07 Å². The summed E-state index contributed by atoms with van der Waals surface area (Å²) >= 11 is 0. The molecule has 2 heteroatoms. The highest BCUT2D eigenvalue weighted by molar-refractivity contribution is 5.49. The highest BCUT2D eigenvalue weighted by atomic mass is 16.3. The SMILES string of the molecule is CCCCCCCCCc1cc(CCCCCCCCC)c(CN)c(C)c1O. The minimum absolute atomic E-state index is 0.495. The summed E-state index contributed by atoms with van der Waals surface area (Å²) in [5.74, 6) is 0.495. The van der Waals surface area contributed by atoms with Gasteiger partial charge in [-0.25, -0.2) is 0 Å². The molecule has 1 aromatic rings. The Balaban J connectivity index is 2.52. The van der Waals surface area contributed by atoms with E-state index >= 15 is 0 Å². The molecule has 0 saturated carbocycles. The summed E-state index contributed by atoms with van der Waals surface area (Å²) in [5.41, 5.74) is 10.7. The third-order valence-corrected chi connectivity index (χ3v) is 6.15. The molecule has 0 aliphatic heterocycles. The lowest BCUT2D eigenvalue weighted by molar-refractivity contribution is 0.460. The number of phenolic OH excluding ortho intramolecular Hbond substituents is 1. The van der Waals surface area contributed by atoms with Crippen molar-refractivity contribution < 1.29 is 5.11 Å². The van der Waals surface area contributed by atoms with Crippen LogP contribution < -0.4 is 5.73 Å². The van der Waals surface area contributed by atoms with Crippen molar-refractivity contribution in [1.82, 2.24) is 0 Å². The summed E-state index contributed by atoms with van der Waals surface area (Å²) in [7, 11) is 0. The van der Waals surface area contributed by atoms with Crippen molar-refractivity contribution in [2.75, 3.05) is 0 Å². The number of rotatable bonds is 17. The normalized spacial score (nSPS) is 11.3. The molecule has 28 heavy (non-hydrogen) atoms. The van der Waals surface area contributed by atoms with Gasteiger partial charge >= 0.3 is 0 Å². The van der Waals surface area contributed by atoms with Gasteiger partial charge in [-0.05, 0) is 54.9 Å². The quantitative estimate of drug-likeness (QED) is 0.268. The second kappa shape index (κ2) is 15.9. The first-order chi connectivity index (χ1) is 13.7. The lowest BCUT2D eigenvalue weighted by Crippen LogP contribution is -2.07. The second-order valence-corrected chi connectivity index (χ2v) is 8.59. The first kappa shape index (κ1) is 25.0. The summed E-state index contributed by atoms with van der Waals surface area (Å²) < 4.78 is 0. The van der Waals surface area contributed by atoms with Crippen LogP contribution in [0.2, 0.25) is 0 Å². The minimum atomic E-state index is 0.495. The molecule has 0 fully saturated rings. The van der Waals surface area contributed by atoms with Crippen molar-refractivity contribution >= 4 is 0 Å². The van der Waals surface area contributed by atoms with Crippen LogP contribution in [0.3, 0.4) is 0 Å². The average Bonchev–Trinajstić information content (AvgIpc) is 2.70. The van der Waals surface area contributed by atoms with E-state index in [9.17, 15) is 5.11 Å². The molecule has 0 bridgehead atoms. The molecule has 0 aromatic heterocycles. The highest BCUT2D eigenvalue weighted by Gasteiger charge is 2.13. The molecule has 0 unspecified atom stereocenters. The molecule has 3 N–H and O–H groups in total. The van der Waals surface area contributed by atoms with Crippen LogP contribution in [0.1, 0.15) is 126 Å². The van der Waals surface area contributed by atoms with Gasteiger partial charge in [-0.1, -0.05) is 97.0 Å². The number of hydrogen-bond acceptors (Lipinski definition) is 2. The highest BCUT2D eigenvalue weighted by Crippen LogP contribution is 2.31. The van der Waals surface area contributed by atoms with Gasteiger partial charge in [-0.2, -0.15) is 0 Å². The zero-order valence-electron chi connectivity index (χ0n) is 19.1. The lowest BCUT2D eigenvalue weighted by Gasteiger charge is -2.17. The van der Waals surface area contributed by atoms with Crippen LogP contribution in [-0.2, 0) is 19.4 Å². The van der Waals surface area contributed by atoms with Crippen molar-refractivity contribution in [2.45, 2.75) is 130 Å². The van der Waals surface area contributed by atoms with Crippen molar-refractivity contribution in [3.8, 4) is 5.75 Å². The Morgan fingerprint density at radius 1 is 0.679 bits per heavy atom. The summed E-state index contributed by atoms with van der Waals surface area (Å²) in [6, 6.07) is 2.26. The fraction of sp³-hybridized carbons (Fsp3) is 0.769. The zero-order valence-corrected chi connectivity index (χ0v) is 19.1. The largest absolute Gasteiger partial charge is 0.507 e. The first-order valence-electron chi connectivity index (χ1n) is 12.2. The second-order valence-electron chi connectivity index (χ2n) is 8.59. The summed E-state index contributed by atoms with van der Waals surface area (Å²) in [4.78, 5) is 0. The van der Waals surface area contributed by atoms with Gasteiger partial charge in [-0.3, -0.25) is 0 Å². The van der Waals surface area contributed by atoms with Crippen molar-refractivity contribution in [3.05, 3.63) is 28.3 Å². The number of aryl methyl sites for hydroxylation is 2. The van der Waals surface area contributed by atoms with Gasteiger partial charge in [-0.15, -0.1) is 0 Å². The van der Waals surface area contributed by atoms with Crippen LogP contribution in [0.25, 0.3) is 0 Å². The van der Waals surface area contributed by atoms with Crippen LogP contribution in [-0.4, -0.2) is 5.11 Å². The Morgan fingerprint density at radius 2 is 1.11 bits per heavy atom. The molecule has 162 valence electrons. The number of phenols is 1. The zero-order chi connectivity index (χ0) is 20.6. The number of nitrogens with two attached hydrogens (primary N) is 1. The Hall–Kier alpha value is -1.02. The smallest absolute Gasteiger partial charge is 0.122 e. The molecule has 0 atom stereocenters. The van der Waals surface area contributed by atoms with Gasteiger partial charge < -0.3 is 10.8 Å². The van der Waals surface area contributed by atoms with Gasteiger partial charge in [0, 0.05) is 6.54 Å².